The molecule has 0 radical (unpaired) electrons. The van der Waals surface area contributed by atoms with E-state index in [0.717, 1.165) is 28.5 Å². The van der Waals surface area contributed by atoms with Gasteiger partial charge in [-0.25, -0.2) is 10.0 Å². The molecule has 0 saturated carbocycles. The highest BCUT2D eigenvalue weighted by Crippen LogP contribution is 2.08. The average molecular weight is 292 g/mol. The standard InChI is InChI=1S/C10H16N2O4S2/c1-7(13)17-5-9(15)12(11(3)4)10(16)6-18-8(2)14/h5-6H2,1-4H3. The second-order valence-electron chi connectivity index (χ2n) is 3.51. The lowest BCUT2D eigenvalue weighted by Gasteiger charge is -2.26. The molecule has 0 fully saturated rings. The van der Waals surface area contributed by atoms with Gasteiger partial charge in [0.1, 0.15) is 0 Å². The monoisotopic (exact) mass is 292 g/mol. The lowest BCUT2D eigenvalue weighted by molar-refractivity contribution is -0.156. The van der Waals surface area contributed by atoms with E-state index in [2.05, 4.69) is 0 Å². The third-order valence-corrected chi connectivity index (χ3v) is 3.27. The Morgan fingerprint density at radius 2 is 1.17 bits per heavy atom. The summed E-state index contributed by atoms with van der Waals surface area (Å²) in [4.78, 5) is 45.1. The molecule has 0 unspecified atom stereocenters. The van der Waals surface area contributed by atoms with Gasteiger partial charge in [-0.3, -0.25) is 19.2 Å². The highest BCUT2D eigenvalue weighted by Gasteiger charge is 2.24. The van der Waals surface area contributed by atoms with E-state index in [-0.39, 0.29) is 21.7 Å². The zero-order valence-corrected chi connectivity index (χ0v) is 12.4. The molecule has 0 N–H and O–H groups in total. The van der Waals surface area contributed by atoms with Gasteiger partial charge in [0.05, 0.1) is 11.5 Å². The molecule has 8 heteroatoms. The van der Waals surface area contributed by atoms with Gasteiger partial charge in [0.25, 0.3) is 11.8 Å². The van der Waals surface area contributed by atoms with E-state index in [9.17, 15) is 19.2 Å². The lowest BCUT2D eigenvalue weighted by Crippen LogP contribution is -2.48. The van der Waals surface area contributed by atoms with Crippen molar-refractivity contribution in [1.29, 1.82) is 0 Å². The fourth-order valence-electron chi connectivity index (χ4n) is 1.03. The first-order chi connectivity index (χ1) is 8.25. The van der Waals surface area contributed by atoms with Crippen LogP contribution in [0.2, 0.25) is 0 Å². The second-order valence-corrected chi connectivity index (χ2v) is 5.81. The number of carbonyl (C=O) groups excluding carboxylic acids is 4. The van der Waals surface area contributed by atoms with Crippen LogP contribution in [0.15, 0.2) is 0 Å². The van der Waals surface area contributed by atoms with Gasteiger partial charge >= 0.3 is 0 Å². The number of hydrogen-bond acceptors (Lipinski definition) is 7. The first-order valence-electron chi connectivity index (χ1n) is 5.05. The number of imide groups is 1. The van der Waals surface area contributed by atoms with Gasteiger partial charge < -0.3 is 0 Å². The van der Waals surface area contributed by atoms with Crippen LogP contribution < -0.4 is 0 Å². The zero-order chi connectivity index (χ0) is 14.3. The SMILES string of the molecule is CC(=O)SCC(=O)N(C(=O)CSC(C)=O)N(C)C. The first kappa shape index (κ1) is 17.1. The van der Waals surface area contributed by atoms with Gasteiger partial charge in [-0.15, -0.1) is 0 Å². The molecule has 0 aromatic heterocycles. The molecule has 0 aromatic carbocycles. The summed E-state index contributed by atoms with van der Waals surface area (Å²) in [5, 5.41) is 1.90. The first-order valence-corrected chi connectivity index (χ1v) is 7.02. The van der Waals surface area contributed by atoms with Crippen molar-refractivity contribution in [1.82, 2.24) is 10.0 Å². The Morgan fingerprint density at radius 1 is 0.833 bits per heavy atom. The number of carbonyl (C=O) groups is 4. The van der Waals surface area contributed by atoms with Crippen molar-refractivity contribution in [3.63, 3.8) is 0 Å². The molecule has 0 rings (SSSR count). The summed E-state index contributed by atoms with van der Waals surface area (Å²) in [5.41, 5.74) is 0. The molecule has 0 aromatic rings. The summed E-state index contributed by atoms with van der Waals surface area (Å²) >= 11 is 1.69. The van der Waals surface area contributed by atoms with Crippen molar-refractivity contribution in [3.8, 4) is 0 Å². The van der Waals surface area contributed by atoms with Crippen LogP contribution in [0.25, 0.3) is 0 Å². The zero-order valence-electron chi connectivity index (χ0n) is 10.8. The smallest absolute Gasteiger partial charge is 0.254 e. The fourth-order valence-corrected chi connectivity index (χ4v) is 1.93. The molecule has 0 aliphatic rings. The maximum atomic E-state index is 11.8. The predicted molar refractivity (Wildman–Crippen MR) is 71.8 cm³/mol. The normalized spacial score (nSPS) is 10.3. The number of rotatable bonds is 5. The van der Waals surface area contributed by atoms with Crippen LogP contribution in [-0.2, 0) is 19.2 Å². The van der Waals surface area contributed by atoms with Crippen molar-refractivity contribution in [2.24, 2.45) is 0 Å². The number of thioether (sulfide) groups is 2. The minimum Gasteiger partial charge on any atom is -0.288 e. The van der Waals surface area contributed by atoms with E-state index in [1.165, 1.54) is 18.9 Å². The van der Waals surface area contributed by atoms with Crippen LogP contribution in [0.5, 0.6) is 0 Å². The maximum absolute atomic E-state index is 11.8. The van der Waals surface area contributed by atoms with Crippen LogP contribution in [0.1, 0.15) is 13.8 Å². The molecule has 0 saturated heterocycles. The van der Waals surface area contributed by atoms with Crippen molar-refractivity contribution < 1.29 is 19.2 Å². The topological polar surface area (TPSA) is 74.8 Å². The molecule has 0 bridgehead atoms. The number of hydrazine groups is 1. The number of nitrogens with zero attached hydrogens (tertiary/aromatic N) is 2. The van der Waals surface area contributed by atoms with Crippen LogP contribution in [0, 0.1) is 0 Å². The molecule has 0 spiro atoms. The van der Waals surface area contributed by atoms with Crippen LogP contribution in [0.3, 0.4) is 0 Å². The third-order valence-electron chi connectivity index (χ3n) is 1.67. The largest absolute Gasteiger partial charge is 0.288 e. The van der Waals surface area contributed by atoms with Crippen LogP contribution in [-0.4, -0.2) is 57.7 Å². The Hall–Kier alpha value is -0.860. The van der Waals surface area contributed by atoms with E-state index in [4.69, 9.17) is 0 Å². The maximum Gasteiger partial charge on any atom is 0.254 e. The second kappa shape index (κ2) is 8.28. The molecule has 0 aliphatic heterocycles. The average Bonchev–Trinajstić information content (AvgIpc) is 2.23. The minimum absolute atomic E-state index is 0.0933. The highest BCUT2D eigenvalue weighted by atomic mass is 32.2. The minimum atomic E-state index is -0.477. The van der Waals surface area contributed by atoms with Crippen molar-refractivity contribution >= 4 is 45.6 Å². The highest BCUT2D eigenvalue weighted by molar-refractivity contribution is 8.14. The molecule has 6 nitrogen and oxygen atoms in total. The summed E-state index contributed by atoms with van der Waals surface area (Å²) in [7, 11) is 3.10. The van der Waals surface area contributed by atoms with Gasteiger partial charge in [0, 0.05) is 27.9 Å². The van der Waals surface area contributed by atoms with E-state index < -0.39 is 11.8 Å². The van der Waals surface area contributed by atoms with Crippen LogP contribution >= 0.6 is 23.5 Å². The summed E-state index contributed by atoms with van der Waals surface area (Å²) in [5.74, 6) is -1.14. The number of hydrogen-bond donors (Lipinski definition) is 0. The Morgan fingerprint density at radius 3 is 1.39 bits per heavy atom. The number of amides is 2. The Labute approximate surface area is 114 Å². The van der Waals surface area contributed by atoms with E-state index in [0.29, 0.717) is 0 Å². The Kier molecular flexibility index (Phi) is 7.88. The Bertz CT molecular complexity index is 328. The van der Waals surface area contributed by atoms with Crippen LogP contribution in [0.4, 0.5) is 0 Å². The van der Waals surface area contributed by atoms with Gasteiger partial charge in [-0.1, -0.05) is 23.5 Å². The summed E-state index contributed by atoms with van der Waals surface area (Å²) in [6, 6.07) is 0. The molecular weight excluding hydrogens is 276 g/mol. The van der Waals surface area contributed by atoms with Gasteiger partial charge in [0.15, 0.2) is 10.2 Å². The molecule has 18 heavy (non-hydrogen) atoms. The predicted octanol–water partition coefficient (Wildman–Crippen LogP) is 0.378. The quantitative estimate of drug-likeness (QED) is 0.678. The van der Waals surface area contributed by atoms with Crippen molar-refractivity contribution in [3.05, 3.63) is 0 Å². The van der Waals surface area contributed by atoms with E-state index in [1.54, 1.807) is 14.1 Å². The Balaban J connectivity index is 4.54. The van der Waals surface area contributed by atoms with Gasteiger partial charge in [-0.05, 0) is 0 Å². The summed E-state index contributed by atoms with van der Waals surface area (Å²) in [6.45, 7) is 2.71. The summed E-state index contributed by atoms with van der Waals surface area (Å²) in [6.07, 6.45) is 0. The summed E-state index contributed by atoms with van der Waals surface area (Å²) < 4.78 is 0. The molecule has 0 atom stereocenters. The van der Waals surface area contributed by atoms with Gasteiger partial charge in [-0.2, -0.15) is 0 Å². The van der Waals surface area contributed by atoms with Crippen molar-refractivity contribution in [2.75, 3.05) is 25.6 Å². The molecular formula is C10H16N2O4S2. The van der Waals surface area contributed by atoms with E-state index in [1.807, 2.05) is 0 Å². The van der Waals surface area contributed by atoms with Crippen molar-refractivity contribution in [2.45, 2.75) is 13.8 Å². The van der Waals surface area contributed by atoms with E-state index >= 15 is 0 Å². The van der Waals surface area contributed by atoms with Gasteiger partial charge in [0.2, 0.25) is 0 Å². The molecule has 0 heterocycles. The molecule has 2 amide bonds. The molecule has 0 aliphatic carbocycles. The third kappa shape index (κ3) is 6.77. The molecule has 102 valence electrons. The lowest BCUT2D eigenvalue weighted by atomic mass is 10.5. The fraction of sp³-hybridized carbons (Fsp3) is 0.600.